The number of hydrogen-bond donors (Lipinski definition) is 1. The van der Waals surface area contributed by atoms with Crippen LogP contribution in [-0.2, 0) is 5.54 Å². The van der Waals surface area contributed by atoms with Crippen molar-refractivity contribution in [2.24, 2.45) is 0 Å². The lowest BCUT2D eigenvalue weighted by Crippen LogP contribution is -2.43. The van der Waals surface area contributed by atoms with Gasteiger partial charge in [-0.3, -0.25) is 4.79 Å². The first-order valence-corrected chi connectivity index (χ1v) is 11.0. The predicted molar refractivity (Wildman–Crippen MR) is 125 cm³/mol. The molecule has 4 aromatic rings. The summed E-state index contributed by atoms with van der Waals surface area (Å²) >= 11 is 0. The normalized spacial score (nSPS) is 18.4. The molecule has 3 aromatic carbocycles. The number of hydrogen-bond acceptors (Lipinski definition) is 2. The highest BCUT2D eigenvalue weighted by molar-refractivity contribution is 6.01. The van der Waals surface area contributed by atoms with Crippen LogP contribution in [0.3, 0.4) is 0 Å². The quantitative estimate of drug-likeness (QED) is 0.427. The van der Waals surface area contributed by atoms with Crippen LogP contribution in [0.15, 0.2) is 60.7 Å². The zero-order valence-electron chi connectivity index (χ0n) is 18.6. The summed E-state index contributed by atoms with van der Waals surface area (Å²) in [5.74, 6) is 0.364. The van der Waals surface area contributed by atoms with Gasteiger partial charge in [-0.2, -0.15) is 0 Å². The molecule has 0 radical (unpaired) electrons. The maximum Gasteiger partial charge on any atom is 0.255 e. The monoisotopic (exact) mass is 427 g/mol. The average molecular weight is 428 g/mol. The van der Waals surface area contributed by atoms with Crippen molar-refractivity contribution in [3.05, 3.63) is 89.0 Å². The molecule has 0 bridgehead atoms. The summed E-state index contributed by atoms with van der Waals surface area (Å²) in [6.07, 6.45) is 1.71. The summed E-state index contributed by atoms with van der Waals surface area (Å²) in [7, 11) is 0. The molecule has 1 saturated heterocycles. The van der Waals surface area contributed by atoms with Crippen molar-refractivity contribution in [1.82, 2.24) is 14.9 Å². The van der Waals surface area contributed by atoms with E-state index in [2.05, 4.69) is 37.9 Å². The van der Waals surface area contributed by atoms with Crippen LogP contribution in [0, 0.1) is 19.7 Å². The lowest BCUT2D eigenvalue weighted by molar-refractivity contribution is 0.0607. The van der Waals surface area contributed by atoms with Crippen molar-refractivity contribution in [3.63, 3.8) is 0 Å². The van der Waals surface area contributed by atoms with Gasteiger partial charge in [-0.15, -0.1) is 0 Å². The fourth-order valence-corrected chi connectivity index (χ4v) is 4.79. The second-order valence-electron chi connectivity index (χ2n) is 8.90. The van der Waals surface area contributed by atoms with Crippen LogP contribution >= 0.6 is 0 Å². The number of carbonyl (C=O) groups is 1. The number of H-pyrrole nitrogens is 1. The number of nitrogens with zero attached hydrogens (tertiary/aromatic N) is 2. The predicted octanol–water partition coefficient (Wildman–Crippen LogP) is 6.14. The van der Waals surface area contributed by atoms with Crippen LogP contribution in [0.5, 0.6) is 0 Å². The molecule has 1 aliphatic heterocycles. The van der Waals surface area contributed by atoms with Gasteiger partial charge in [-0.1, -0.05) is 36.4 Å². The van der Waals surface area contributed by atoms with Crippen LogP contribution < -0.4 is 0 Å². The molecule has 162 valence electrons. The highest BCUT2D eigenvalue weighted by Crippen LogP contribution is 2.40. The Morgan fingerprint density at radius 1 is 1.03 bits per heavy atom. The zero-order chi connectivity index (χ0) is 22.5. The molecule has 1 fully saturated rings. The van der Waals surface area contributed by atoms with E-state index in [0.717, 1.165) is 29.7 Å². The topological polar surface area (TPSA) is 49.0 Å². The zero-order valence-corrected chi connectivity index (χ0v) is 18.6. The van der Waals surface area contributed by atoms with E-state index in [0.29, 0.717) is 23.2 Å². The van der Waals surface area contributed by atoms with Crippen molar-refractivity contribution in [2.45, 2.75) is 39.2 Å². The minimum absolute atomic E-state index is 0.100. The third-order valence-corrected chi connectivity index (χ3v) is 6.82. The maximum absolute atomic E-state index is 14.6. The summed E-state index contributed by atoms with van der Waals surface area (Å²) in [5, 5.41) is 0. The number of carbonyl (C=O) groups excluding carboxylic acids is 1. The first-order valence-electron chi connectivity index (χ1n) is 11.0. The number of fused-ring (bicyclic) bond motifs is 1. The molecule has 1 atom stereocenters. The van der Waals surface area contributed by atoms with Gasteiger partial charge >= 0.3 is 0 Å². The number of aryl methyl sites for hydroxylation is 2. The van der Waals surface area contributed by atoms with Gasteiger partial charge in [0.1, 0.15) is 11.6 Å². The summed E-state index contributed by atoms with van der Waals surface area (Å²) in [6, 6.07) is 18.1. The highest BCUT2D eigenvalue weighted by Gasteiger charge is 2.44. The van der Waals surface area contributed by atoms with Gasteiger partial charge in [-0.05, 0) is 74.6 Å². The van der Waals surface area contributed by atoms with Crippen LogP contribution in [0.4, 0.5) is 4.39 Å². The molecule has 32 heavy (non-hydrogen) atoms. The molecule has 2 heterocycles. The summed E-state index contributed by atoms with van der Waals surface area (Å²) in [6.45, 7) is 6.87. The molecule has 1 aliphatic rings. The molecule has 1 aromatic heterocycles. The van der Waals surface area contributed by atoms with Gasteiger partial charge in [0.05, 0.1) is 16.6 Å². The summed E-state index contributed by atoms with van der Waals surface area (Å²) in [5.41, 5.74) is 5.29. The van der Waals surface area contributed by atoms with Crippen molar-refractivity contribution >= 4 is 16.9 Å². The summed E-state index contributed by atoms with van der Waals surface area (Å²) in [4.78, 5) is 24.1. The number of halogens is 1. The van der Waals surface area contributed by atoms with Crippen molar-refractivity contribution in [2.75, 3.05) is 6.54 Å². The molecular formula is C27H26FN3O. The molecule has 4 nitrogen and oxygen atoms in total. The number of benzene rings is 3. The maximum atomic E-state index is 14.6. The molecule has 5 rings (SSSR count). The van der Waals surface area contributed by atoms with E-state index in [1.807, 2.05) is 23.1 Å². The molecular weight excluding hydrogens is 401 g/mol. The molecule has 0 spiro atoms. The second-order valence-corrected chi connectivity index (χ2v) is 8.90. The number of aromatic nitrogens is 2. The number of amides is 1. The van der Waals surface area contributed by atoms with Crippen LogP contribution in [-0.4, -0.2) is 27.3 Å². The number of aromatic amines is 1. The lowest BCUT2D eigenvalue weighted by Gasteiger charge is -2.34. The van der Waals surface area contributed by atoms with Crippen molar-refractivity contribution in [3.8, 4) is 11.1 Å². The Balaban J connectivity index is 1.57. The van der Waals surface area contributed by atoms with Gasteiger partial charge < -0.3 is 9.88 Å². The molecule has 1 N–H and O–H groups in total. The fourth-order valence-electron chi connectivity index (χ4n) is 4.79. The van der Waals surface area contributed by atoms with E-state index < -0.39 is 5.54 Å². The Labute approximate surface area is 187 Å². The third-order valence-electron chi connectivity index (χ3n) is 6.82. The molecule has 1 amide bonds. The van der Waals surface area contributed by atoms with Crippen LogP contribution in [0.2, 0.25) is 0 Å². The Morgan fingerprint density at radius 3 is 2.50 bits per heavy atom. The fraction of sp³-hybridized carbons (Fsp3) is 0.259. The third kappa shape index (κ3) is 3.20. The Hall–Kier alpha value is -3.47. The second kappa shape index (κ2) is 7.59. The molecule has 0 unspecified atom stereocenters. The van der Waals surface area contributed by atoms with Crippen LogP contribution in [0.25, 0.3) is 22.2 Å². The summed E-state index contributed by atoms with van der Waals surface area (Å²) < 4.78 is 14.6. The van der Waals surface area contributed by atoms with Gasteiger partial charge in [-0.25, -0.2) is 9.37 Å². The van der Waals surface area contributed by atoms with E-state index in [1.165, 1.54) is 17.2 Å². The minimum Gasteiger partial charge on any atom is -0.340 e. The minimum atomic E-state index is -0.555. The average Bonchev–Trinajstić information content (AvgIpc) is 3.38. The molecule has 0 saturated carbocycles. The Kier molecular flexibility index (Phi) is 4.85. The number of nitrogens with one attached hydrogen (secondary N) is 1. The van der Waals surface area contributed by atoms with E-state index in [-0.39, 0.29) is 11.7 Å². The number of imidazole rings is 1. The van der Waals surface area contributed by atoms with Gasteiger partial charge in [0, 0.05) is 17.7 Å². The molecule has 5 heteroatoms. The standard InChI is InChI=1S/C27H26FN3O/c1-17-15-23-24(16-18(17)2)30-26(29-23)27(3)13-8-14-31(27)25(32)21-11-5-4-9-19(21)20-10-6-7-12-22(20)28/h4-7,9-12,15-16H,8,13-14H2,1-3H3,(H,29,30)/t27-/m0/s1. The van der Waals surface area contributed by atoms with Crippen molar-refractivity contribution < 1.29 is 9.18 Å². The van der Waals surface area contributed by atoms with E-state index >= 15 is 0 Å². The SMILES string of the molecule is Cc1cc2nc([C@]3(C)CCCN3C(=O)c3ccccc3-c3ccccc3F)[nH]c2cc1C. The van der Waals surface area contributed by atoms with Gasteiger partial charge in [0.15, 0.2) is 0 Å². The smallest absolute Gasteiger partial charge is 0.255 e. The first kappa shape index (κ1) is 20.4. The van der Waals surface area contributed by atoms with Gasteiger partial charge in [0.25, 0.3) is 5.91 Å². The lowest BCUT2D eigenvalue weighted by atomic mass is 9.94. The largest absolute Gasteiger partial charge is 0.340 e. The van der Waals surface area contributed by atoms with Crippen molar-refractivity contribution in [1.29, 1.82) is 0 Å². The first-order chi connectivity index (χ1) is 15.4. The Morgan fingerprint density at radius 2 is 1.72 bits per heavy atom. The van der Waals surface area contributed by atoms with Crippen LogP contribution in [0.1, 0.15) is 47.1 Å². The highest BCUT2D eigenvalue weighted by atomic mass is 19.1. The van der Waals surface area contributed by atoms with Gasteiger partial charge in [0.2, 0.25) is 0 Å². The Bertz CT molecular complexity index is 1300. The number of likely N-dealkylation sites (tertiary alicyclic amines) is 1. The van der Waals surface area contributed by atoms with E-state index in [9.17, 15) is 9.18 Å². The van der Waals surface area contributed by atoms with E-state index in [1.54, 1.807) is 24.3 Å². The van der Waals surface area contributed by atoms with E-state index in [4.69, 9.17) is 4.98 Å². The molecule has 0 aliphatic carbocycles. The number of rotatable bonds is 3.